The number of pyridine rings is 1. The zero-order valence-corrected chi connectivity index (χ0v) is 10.6. The molecule has 0 aliphatic carbocycles. The predicted octanol–water partition coefficient (Wildman–Crippen LogP) is 2.33. The van der Waals surface area contributed by atoms with E-state index in [1.165, 1.54) is 0 Å². The van der Waals surface area contributed by atoms with E-state index in [4.69, 9.17) is 11.6 Å². The highest BCUT2D eigenvalue weighted by Crippen LogP contribution is 2.28. The van der Waals surface area contributed by atoms with E-state index < -0.39 is 0 Å². The van der Waals surface area contributed by atoms with Gasteiger partial charge in [0.1, 0.15) is 5.15 Å². The molecule has 0 bridgehead atoms. The summed E-state index contributed by atoms with van der Waals surface area (Å²) in [6.07, 6.45) is 0.575. The molecule has 1 saturated heterocycles. The Labute approximate surface area is 105 Å². The van der Waals surface area contributed by atoms with Crippen LogP contribution in [0.25, 0.3) is 0 Å². The van der Waals surface area contributed by atoms with Crippen LogP contribution in [0.2, 0.25) is 5.15 Å². The normalized spacial score (nSPS) is 20.6. The molecule has 16 heavy (non-hydrogen) atoms. The van der Waals surface area contributed by atoms with Crippen molar-refractivity contribution in [2.45, 2.75) is 13.3 Å². The summed E-state index contributed by atoms with van der Waals surface area (Å²) in [5, 5.41) is 0.457. The third kappa shape index (κ3) is 2.18. The van der Waals surface area contributed by atoms with Crippen molar-refractivity contribution in [1.82, 2.24) is 4.98 Å². The molecule has 1 amide bonds. The lowest BCUT2D eigenvalue weighted by atomic mass is 10.1. The lowest BCUT2D eigenvalue weighted by Crippen LogP contribution is -2.25. The highest BCUT2D eigenvalue weighted by molar-refractivity contribution is 7.80. The minimum absolute atomic E-state index is 0.145. The van der Waals surface area contributed by atoms with Crippen LogP contribution in [0, 0.1) is 12.8 Å². The molecule has 5 heteroatoms. The van der Waals surface area contributed by atoms with Gasteiger partial charge in [0.05, 0.1) is 11.4 Å². The molecule has 1 unspecified atom stereocenters. The van der Waals surface area contributed by atoms with Crippen LogP contribution in [-0.2, 0) is 4.79 Å². The Balaban J connectivity index is 2.28. The zero-order valence-electron chi connectivity index (χ0n) is 8.98. The predicted molar refractivity (Wildman–Crippen MR) is 68.3 cm³/mol. The largest absolute Gasteiger partial charge is 0.310 e. The first kappa shape index (κ1) is 11.7. The van der Waals surface area contributed by atoms with E-state index in [2.05, 4.69) is 17.6 Å². The van der Waals surface area contributed by atoms with Crippen molar-refractivity contribution in [3.63, 3.8) is 0 Å². The van der Waals surface area contributed by atoms with Crippen LogP contribution in [-0.4, -0.2) is 23.2 Å². The second-order valence-electron chi connectivity index (χ2n) is 4.00. The van der Waals surface area contributed by atoms with Crippen LogP contribution >= 0.6 is 24.2 Å². The van der Waals surface area contributed by atoms with Crippen LogP contribution in [0.1, 0.15) is 12.1 Å². The summed E-state index contributed by atoms with van der Waals surface area (Å²) in [4.78, 5) is 17.7. The Morgan fingerprint density at radius 2 is 2.38 bits per heavy atom. The number of aryl methyl sites for hydroxylation is 1. The molecular weight excluding hydrogens is 244 g/mol. The van der Waals surface area contributed by atoms with Crippen molar-refractivity contribution in [3.05, 3.63) is 23.0 Å². The van der Waals surface area contributed by atoms with Gasteiger partial charge in [0.25, 0.3) is 0 Å². The summed E-state index contributed by atoms with van der Waals surface area (Å²) in [5.41, 5.74) is 1.65. The molecule has 1 aromatic rings. The van der Waals surface area contributed by atoms with Crippen molar-refractivity contribution in [3.8, 4) is 0 Å². The molecule has 1 atom stereocenters. The minimum atomic E-state index is 0.145. The third-order valence-corrected chi connectivity index (χ3v) is 3.50. The summed E-state index contributed by atoms with van der Waals surface area (Å²) in [7, 11) is 0. The zero-order chi connectivity index (χ0) is 11.7. The fourth-order valence-electron chi connectivity index (χ4n) is 1.95. The Bertz CT molecular complexity index is 424. The summed E-state index contributed by atoms with van der Waals surface area (Å²) in [6, 6.07) is 3.56. The van der Waals surface area contributed by atoms with Crippen molar-refractivity contribution in [1.29, 1.82) is 0 Å². The van der Waals surface area contributed by atoms with Gasteiger partial charge in [0, 0.05) is 13.0 Å². The van der Waals surface area contributed by atoms with Gasteiger partial charge in [-0.2, -0.15) is 12.6 Å². The van der Waals surface area contributed by atoms with Crippen LogP contribution in [0.3, 0.4) is 0 Å². The Kier molecular flexibility index (Phi) is 3.40. The summed E-state index contributed by atoms with van der Waals surface area (Å²) >= 11 is 10.0. The maximum absolute atomic E-state index is 11.8. The molecule has 2 heterocycles. The molecule has 2 rings (SSSR count). The maximum Gasteiger partial charge on any atom is 0.227 e. The second kappa shape index (κ2) is 4.63. The van der Waals surface area contributed by atoms with Gasteiger partial charge in [0.2, 0.25) is 5.91 Å². The van der Waals surface area contributed by atoms with Crippen molar-refractivity contribution >= 4 is 35.8 Å². The summed E-state index contributed by atoms with van der Waals surface area (Å²) in [6.45, 7) is 2.59. The van der Waals surface area contributed by atoms with Gasteiger partial charge in [-0.25, -0.2) is 4.98 Å². The molecule has 0 spiro atoms. The van der Waals surface area contributed by atoms with E-state index in [-0.39, 0.29) is 5.91 Å². The lowest BCUT2D eigenvalue weighted by Gasteiger charge is -2.18. The number of anilines is 1. The summed E-state index contributed by atoms with van der Waals surface area (Å²) < 4.78 is 0. The molecule has 86 valence electrons. The first-order valence-electron chi connectivity index (χ1n) is 5.16. The number of hydrogen-bond donors (Lipinski definition) is 1. The molecule has 0 N–H and O–H groups in total. The van der Waals surface area contributed by atoms with Crippen molar-refractivity contribution in [2.24, 2.45) is 5.92 Å². The van der Waals surface area contributed by atoms with E-state index in [1.54, 1.807) is 11.0 Å². The number of hydrogen-bond acceptors (Lipinski definition) is 3. The number of carbonyl (C=O) groups is 1. The van der Waals surface area contributed by atoms with Gasteiger partial charge in [0.15, 0.2) is 0 Å². The van der Waals surface area contributed by atoms with Crippen molar-refractivity contribution < 1.29 is 4.79 Å². The molecule has 1 fully saturated rings. The Morgan fingerprint density at radius 3 is 2.94 bits per heavy atom. The summed E-state index contributed by atoms with van der Waals surface area (Å²) in [5.74, 6) is 1.22. The average molecular weight is 257 g/mol. The third-order valence-electron chi connectivity index (χ3n) is 2.78. The smallest absolute Gasteiger partial charge is 0.227 e. The maximum atomic E-state index is 11.8. The Hall–Kier alpha value is -0.740. The topological polar surface area (TPSA) is 33.2 Å². The monoisotopic (exact) mass is 256 g/mol. The van der Waals surface area contributed by atoms with Gasteiger partial charge in [-0.15, -0.1) is 0 Å². The number of nitrogens with zero attached hydrogens (tertiary/aromatic N) is 2. The number of rotatable bonds is 2. The van der Waals surface area contributed by atoms with Gasteiger partial charge in [-0.3, -0.25) is 4.79 Å². The van der Waals surface area contributed by atoms with Crippen LogP contribution in [0.15, 0.2) is 12.1 Å². The first-order chi connectivity index (χ1) is 7.61. The second-order valence-corrected chi connectivity index (χ2v) is 4.75. The molecule has 1 aliphatic heterocycles. The highest BCUT2D eigenvalue weighted by Gasteiger charge is 2.30. The minimum Gasteiger partial charge on any atom is -0.310 e. The fraction of sp³-hybridized carbons (Fsp3) is 0.455. The van der Waals surface area contributed by atoms with Gasteiger partial charge in [-0.05, 0) is 30.7 Å². The van der Waals surface area contributed by atoms with E-state index in [0.717, 1.165) is 23.7 Å². The quantitative estimate of drug-likeness (QED) is 0.651. The van der Waals surface area contributed by atoms with Gasteiger partial charge >= 0.3 is 0 Å². The van der Waals surface area contributed by atoms with Gasteiger partial charge in [-0.1, -0.05) is 11.6 Å². The average Bonchev–Trinajstić information content (AvgIpc) is 2.60. The first-order valence-corrected chi connectivity index (χ1v) is 6.17. The van der Waals surface area contributed by atoms with Crippen LogP contribution in [0.4, 0.5) is 5.69 Å². The fourth-order valence-corrected chi connectivity index (χ4v) is 2.38. The van der Waals surface area contributed by atoms with Crippen LogP contribution in [0.5, 0.6) is 0 Å². The molecule has 1 aromatic heterocycles. The number of halogens is 1. The number of aromatic nitrogens is 1. The van der Waals surface area contributed by atoms with Crippen LogP contribution < -0.4 is 4.90 Å². The van der Waals surface area contributed by atoms with E-state index >= 15 is 0 Å². The van der Waals surface area contributed by atoms with Crippen molar-refractivity contribution in [2.75, 3.05) is 17.2 Å². The molecule has 3 nitrogen and oxygen atoms in total. The highest BCUT2D eigenvalue weighted by atomic mass is 35.5. The number of thiol groups is 1. The van der Waals surface area contributed by atoms with Gasteiger partial charge < -0.3 is 4.90 Å². The Morgan fingerprint density at radius 1 is 1.62 bits per heavy atom. The van der Waals surface area contributed by atoms with E-state index in [1.807, 2.05) is 13.0 Å². The van der Waals surface area contributed by atoms with E-state index in [9.17, 15) is 4.79 Å². The van der Waals surface area contributed by atoms with E-state index in [0.29, 0.717) is 17.5 Å². The lowest BCUT2D eigenvalue weighted by molar-refractivity contribution is -0.117. The standard InChI is InChI=1S/C11H13ClN2OS/c1-7-9(2-3-10(12)13-7)14-5-8(6-16)4-11(14)15/h2-3,8,16H,4-6H2,1H3. The molecule has 0 aromatic carbocycles. The number of carbonyl (C=O) groups excluding carboxylic acids is 1. The molecule has 0 saturated carbocycles. The molecule has 1 aliphatic rings. The molecular formula is C11H13ClN2OS. The molecule has 0 radical (unpaired) electrons. The number of amides is 1. The SMILES string of the molecule is Cc1nc(Cl)ccc1N1CC(CS)CC1=O.